The highest BCUT2D eigenvalue weighted by Gasteiger charge is 2.11. The van der Waals surface area contributed by atoms with Crippen LogP contribution in [0.3, 0.4) is 0 Å². The summed E-state index contributed by atoms with van der Waals surface area (Å²) in [5.74, 6) is -0.182. The molecular weight excluding hydrogens is 372 g/mol. The summed E-state index contributed by atoms with van der Waals surface area (Å²) in [6.07, 6.45) is 11.5. The lowest BCUT2D eigenvalue weighted by atomic mass is 9.97. The van der Waals surface area contributed by atoms with Crippen molar-refractivity contribution >= 4 is 23.7 Å². The molecule has 28 heavy (non-hydrogen) atoms. The summed E-state index contributed by atoms with van der Waals surface area (Å²) in [7, 11) is 0. The third-order valence-corrected chi connectivity index (χ3v) is 5.58. The van der Waals surface area contributed by atoms with Crippen LogP contribution in [0.25, 0.3) is 0 Å². The van der Waals surface area contributed by atoms with Crippen molar-refractivity contribution in [1.82, 2.24) is 20.2 Å². The molecule has 7 heteroatoms. The molecule has 3 amide bonds. The lowest BCUT2D eigenvalue weighted by Crippen LogP contribution is -2.40. The number of carbonyl (C=O) groups excluding carboxylic acids is 2. The third-order valence-electron chi connectivity index (χ3n) is 4.58. The minimum atomic E-state index is -0.436. The second-order valence-electron chi connectivity index (χ2n) is 6.77. The highest BCUT2D eigenvalue weighted by atomic mass is 32.2. The molecule has 0 atom stereocenters. The van der Waals surface area contributed by atoms with Crippen molar-refractivity contribution in [3.05, 3.63) is 59.9 Å². The Labute approximate surface area is 169 Å². The summed E-state index contributed by atoms with van der Waals surface area (Å²) >= 11 is 1.32. The van der Waals surface area contributed by atoms with Gasteiger partial charge in [-0.1, -0.05) is 53.7 Å². The van der Waals surface area contributed by atoms with E-state index in [1.807, 2.05) is 29.0 Å². The second-order valence-corrected chi connectivity index (χ2v) is 7.72. The first-order valence-corrected chi connectivity index (χ1v) is 10.6. The van der Waals surface area contributed by atoms with Crippen LogP contribution in [0.2, 0.25) is 0 Å². The van der Waals surface area contributed by atoms with Gasteiger partial charge < -0.3 is 9.88 Å². The van der Waals surface area contributed by atoms with Gasteiger partial charge in [-0.25, -0.2) is 9.78 Å². The molecule has 6 nitrogen and oxygen atoms in total. The summed E-state index contributed by atoms with van der Waals surface area (Å²) in [4.78, 5) is 28.2. The van der Waals surface area contributed by atoms with Crippen molar-refractivity contribution in [2.24, 2.45) is 0 Å². The Balaban J connectivity index is 1.38. The first-order valence-electron chi connectivity index (χ1n) is 9.64. The Hall–Kier alpha value is -2.54. The van der Waals surface area contributed by atoms with Gasteiger partial charge in [0.1, 0.15) is 0 Å². The molecule has 1 aromatic heterocycles. The molecule has 0 radical (unpaired) electrons. The van der Waals surface area contributed by atoms with Gasteiger partial charge in [0.15, 0.2) is 5.16 Å². The van der Waals surface area contributed by atoms with Crippen LogP contribution in [-0.4, -0.2) is 33.8 Å². The van der Waals surface area contributed by atoms with E-state index >= 15 is 0 Å². The zero-order valence-electron chi connectivity index (χ0n) is 15.9. The van der Waals surface area contributed by atoms with Gasteiger partial charge in [0, 0.05) is 25.5 Å². The molecule has 1 aliphatic rings. The molecule has 1 heterocycles. The van der Waals surface area contributed by atoms with Gasteiger partial charge in [0.2, 0.25) is 5.91 Å². The molecule has 0 unspecified atom stereocenters. The Morgan fingerprint density at radius 3 is 2.82 bits per heavy atom. The molecule has 0 spiro atoms. The minimum absolute atomic E-state index is 0.143. The number of urea groups is 1. The lowest BCUT2D eigenvalue weighted by molar-refractivity contribution is -0.117. The third kappa shape index (κ3) is 6.56. The molecule has 148 valence electrons. The monoisotopic (exact) mass is 398 g/mol. The zero-order valence-corrected chi connectivity index (χ0v) is 16.7. The Morgan fingerprint density at radius 1 is 1.18 bits per heavy atom. The lowest BCUT2D eigenvalue weighted by Gasteiger charge is -2.13. The molecule has 3 rings (SSSR count). The van der Waals surface area contributed by atoms with Crippen LogP contribution in [0, 0.1) is 0 Å². The van der Waals surface area contributed by atoms with Gasteiger partial charge in [0.25, 0.3) is 0 Å². The Bertz CT molecular complexity index is 817. The summed E-state index contributed by atoms with van der Waals surface area (Å²) in [6, 6.07) is 9.64. The molecule has 2 N–H and O–H groups in total. The van der Waals surface area contributed by atoms with Crippen molar-refractivity contribution in [1.29, 1.82) is 0 Å². The molecule has 0 bridgehead atoms. The van der Waals surface area contributed by atoms with Crippen LogP contribution in [-0.2, 0) is 11.3 Å². The van der Waals surface area contributed by atoms with E-state index in [9.17, 15) is 9.59 Å². The van der Waals surface area contributed by atoms with Gasteiger partial charge in [-0.05, 0) is 37.7 Å². The van der Waals surface area contributed by atoms with E-state index in [1.165, 1.54) is 35.7 Å². The highest BCUT2D eigenvalue weighted by Crippen LogP contribution is 2.19. The van der Waals surface area contributed by atoms with Crippen LogP contribution in [0.4, 0.5) is 4.79 Å². The molecule has 2 aromatic rings. The van der Waals surface area contributed by atoms with Gasteiger partial charge in [0.05, 0.1) is 5.75 Å². The maximum atomic E-state index is 12.0. The molecular formula is C21H26N4O2S. The largest absolute Gasteiger partial charge is 0.337 e. The topological polar surface area (TPSA) is 76.0 Å². The van der Waals surface area contributed by atoms with E-state index < -0.39 is 6.03 Å². The van der Waals surface area contributed by atoms with E-state index in [1.54, 1.807) is 6.20 Å². The van der Waals surface area contributed by atoms with Crippen LogP contribution >= 0.6 is 11.8 Å². The molecule has 0 saturated heterocycles. The summed E-state index contributed by atoms with van der Waals surface area (Å²) in [5, 5.41) is 5.89. The second kappa shape index (κ2) is 10.7. The number of imide groups is 1. The maximum absolute atomic E-state index is 12.0. The standard InChI is InChI=1S/C21H26N4O2S/c26-19(24-20(27)22-12-11-17-7-3-1-4-8-17)16-28-21-23-13-14-25(21)15-18-9-5-2-6-10-18/h2,5-7,9-10,13-14H,1,3-4,8,11-12,15-16H2,(H2,22,24,26,27). The smallest absolute Gasteiger partial charge is 0.321 e. The van der Waals surface area contributed by atoms with E-state index in [2.05, 4.69) is 33.8 Å². The number of aromatic nitrogens is 2. The number of benzene rings is 1. The number of thioether (sulfide) groups is 1. The molecule has 1 aliphatic carbocycles. The first-order chi connectivity index (χ1) is 13.7. The number of rotatable bonds is 8. The number of allylic oxidation sites excluding steroid dienone is 1. The van der Waals surface area contributed by atoms with Gasteiger partial charge in [-0.3, -0.25) is 10.1 Å². The predicted octanol–water partition coefficient (Wildman–Crippen LogP) is 3.74. The van der Waals surface area contributed by atoms with E-state index in [0.29, 0.717) is 13.1 Å². The first kappa shape index (κ1) is 20.2. The molecule has 1 aromatic carbocycles. The molecule has 0 saturated carbocycles. The van der Waals surface area contributed by atoms with Crippen molar-refractivity contribution in [3.8, 4) is 0 Å². The van der Waals surface area contributed by atoms with E-state index in [-0.39, 0.29) is 11.7 Å². The Morgan fingerprint density at radius 2 is 2.04 bits per heavy atom. The van der Waals surface area contributed by atoms with Crippen molar-refractivity contribution in [3.63, 3.8) is 0 Å². The van der Waals surface area contributed by atoms with Crippen LogP contribution in [0.5, 0.6) is 0 Å². The zero-order chi connectivity index (χ0) is 19.6. The number of amides is 3. The fourth-order valence-electron chi connectivity index (χ4n) is 3.14. The predicted molar refractivity (Wildman–Crippen MR) is 111 cm³/mol. The van der Waals surface area contributed by atoms with Gasteiger partial charge in [-0.2, -0.15) is 0 Å². The van der Waals surface area contributed by atoms with E-state index in [0.717, 1.165) is 24.4 Å². The SMILES string of the molecule is O=C(CSc1nccn1Cc1ccccc1)NC(=O)NCCC1=CCCCC1. The van der Waals surface area contributed by atoms with Crippen LogP contribution in [0.1, 0.15) is 37.7 Å². The summed E-state index contributed by atoms with van der Waals surface area (Å²) in [5.41, 5.74) is 2.57. The molecule has 0 aliphatic heterocycles. The number of nitrogens with one attached hydrogen (secondary N) is 2. The molecule has 0 fully saturated rings. The van der Waals surface area contributed by atoms with Crippen LogP contribution < -0.4 is 10.6 Å². The van der Waals surface area contributed by atoms with Gasteiger partial charge in [-0.15, -0.1) is 0 Å². The number of hydrogen-bond donors (Lipinski definition) is 2. The fraction of sp³-hybridized carbons (Fsp3) is 0.381. The summed E-state index contributed by atoms with van der Waals surface area (Å²) in [6.45, 7) is 1.25. The van der Waals surface area contributed by atoms with Crippen molar-refractivity contribution < 1.29 is 9.59 Å². The highest BCUT2D eigenvalue weighted by molar-refractivity contribution is 7.99. The van der Waals surface area contributed by atoms with E-state index in [4.69, 9.17) is 0 Å². The number of carbonyl (C=O) groups is 2. The van der Waals surface area contributed by atoms with Crippen LogP contribution in [0.15, 0.2) is 59.5 Å². The maximum Gasteiger partial charge on any atom is 0.321 e. The Kier molecular flexibility index (Phi) is 7.72. The summed E-state index contributed by atoms with van der Waals surface area (Å²) < 4.78 is 1.99. The average molecular weight is 399 g/mol. The number of nitrogens with zero attached hydrogens (tertiary/aromatic N) is 2. The number of hydrogen-bond acceptors (Lipinski definition) is 4. The number of imidazole rings is 1. The normalized spacial score (nSPS) is 13.6. The minimum Gasteiger partial charge on any atom is -0.337 e. The van der Waals surface area contributed by atoms with Crippen molar-refractivity contribution in [2.45, 2.75) is 43.8 Å². The quantitative estimate of drug-likeness (QED) is 0.525. The average Bonchev–Trinajstić information content (AvgIpc) is 3.15. The van der Waals surface area contributed by atoms with Gasteiger partial charge >= 0.3 is 6.03 Å². The van der Waals surface area contributed by atoms with Crippen molar-refractivity contribution in [2.75, 3.05) is 12.3 Å². The fourth-order valence-corrected chi connectivity index (χ4v) is 3.90.